The molecule has 2 heteroatoms. The summed E-state index contributed by atoms with van der Waals surface area (Å²) in [7, 11) is 0. The first-order valence-electron chi connectivity index (χ1n) is 6.37. The molecule has 1 aromatic rings. The van der Waals surface area contributed by atoms with Gasteiger partial charge in [0.1, 0.15) is 0 Å². The van der Waals surface area contributed by atoms with E-state index in [-0.39, 0.29) is 0 Å². The lowest BCUT2D eigenvalue weighted by Gasteiger charge is -2.33. The van der Waals surface area contributed by atoms with Gasteiger partial charge in [-0.2, -0.15) is 0 Å². The predicted octanol–water partition coefficient (Wildman–Crippen LogP) is 2.95. The molecule has 1 aliphatic rings. The zero-order chi connectivity index (χ0) is 11.4. The molecule has 0 spiro atoms. The van der Waals surface area contributed by atoms with Crippen LogP contribution in [-0.4, -0.2) is 23.0 Å². The molecule has 0 N–H and O–H groups in total. The SMILES string of the molecule is CC(C)C1CCN(Cc2cccnc2)CC1. The molecule has 0 unspecified atom stereocenters. The van der Waals surface area contributed by atoms with Crippen LogP contribution in [0.2, 0.25) is 0 Å². The molecule has 0 aromatic carbocycles. The molecule has 0 aliphatic carbocycles. The maximum Gasteiger partial charge on any atom is 0.0312 e. The Morgan fingerprint density at radius 3 is 2.69 bits per heavy atom. The van der Waals surface area contributed by atoms with E-state index in [1.165, 1.54) is 31.5 Å². The van der Waals surface area contributed by atoms with Crippen molar-refractivity contribution in [2.24, 2.45) is 11.8 Å². The third kappa shape index (κ3) is 3.05. The minimum atomic E-state index is 0.848. The zero-order valence-corrected chi connectivity index (χ0v) is 10.4. The Morgan fingerprint density at radius 1 is 1.38 bits per heavy atom. The van der Waals surface area contributed by atoms with Crippen molar-refractivity contribution in [1.29, 1.82) is 0 Å². The molecular formula is C14H22N2. The molecule has 0 radical (unpaired) electrons. The van der Waals surface area contributed by atoms with Crippen LogP contribution in [-0.2, 0) is 6.54 Å². The van der Waals surface area contributed by atoms with Gasteiger partial charge in [-0.1, -0.05) is 19.9 Å². The minimum Gasteiger partial charge on any atom is -0.299 e. The molecular weight excluding hydrogens is 196 g/mol. The van der Waals surface area contributed by atoms with E-state index in [4.69, 9.17) is 0 Å². The molecule has 1 fully saturated rings. The quantitative estimate of drug-likeness (QED) is 0.775. The van der Waals surface area contributed by atoms with Crippen molar-refractivity contribution in [3.8, 4) is 0 Å². The van der Waals surface area contributed by atoms with Crippen LogP contribution >= 0.6 is 0 Å². The summed E-state index contributed by atoms with van der Waals surface area (Å²) in [6, 6.07) is 4.19. The van der Waals surface area contributed by atoms with Crippen molar-refractivity contribution in [2.75, 3.05) is 13.1 Å². The molecule has 0 bridgehead atoms. The molecule has 1 saturated heterocycles. The second-order valence-electron chi connectivity index (χ2n) is 5.22. The van der Waals surface area contributed by atoms with Gasteiger partial charge in [0.15, 0.2) is 0 Å². The fourth-order valence-electron chi connectivity index (χ4n) is 2.53. The zero-order valence-electron chi connectivity index (χ0n) is 10.4. The fourth-order valence-corrected chi connectivity index (χ4v) is 2.53. The molecule has 1 aromatic heterocycles. The van der Waals surface area contributed by atoms with Gasteiger partial charge in [-0.3, -0.25) is 9.88 Å². The number of hydrogen-bond donors (Lipinski definition) is 0. The van der Waals surface area contributed by atoms with E-state index >= 15 is 0 Å². The predicted molar refractivity (Wildman–Crippen MR) is 67.1 cm³/mol. The van der Waals surface area contributed by atoms with Crippen LogP contribution in [0.4, 0.5) is 0 Å². The lowest BCUT2D eigenvalue weighted by Crippen LogP contribution is -2.34. The molecule has 88 valence electrons. The van der Waals surface area contributed by atoms with Crippen LogP contribution in [0.25, 0.3) is 0 Å². The molecule has 1 aliphatic heterocycles. The van der Waals surface area contributed by atoms with Gasteiger partial charge in [0, 0.05) is 18.9 Å². The van der Waals surface area contributed by atoms with Gasteiger partial charge in [0.05, 0.1) is 0 Å². The summed E-state index contributed by atoms with van der Waals surface area (Å²) < 4.78 is 0. The highest BCUT2D eigenvalue weighted by Crippen LogP contribution is 2.25. The average molecular weight is 218 g/mol. The molecule has 0 amide bonds. The Kier molecular flexibility index (Phi) is 3.94. The number of piperidine rings is 1. The summed E-state index contributed by atoms with van der Waals surface area (Å²) in [5, 5.41) is 0. The maximum atomic E-state index is 4.17. The minimum absolute atomic E-state index is 0.848. The first kappa shape index (κ1) is 11.6. The van der Waals surface area contributed by atoms with E-state index in [0.29, 0.717) is 0 Å². The Labute approximate surface area is 98.7 Å². The van der Waals surface area contributed by atoms with E-state index in [9.17, 15) is 0 Å². The normalized spacial score (nSPS) is 19.2. The van der Waals surface area contributed by atoms with Crippen LogP contribution in [0.1, 0.15) is 32.3 Å². The fraction of sp³-hybridized carbons (Fsp3) is 0.643. The number of nitrogens with zero attached hydrogens (tertiary/aromatic N) is 2. The lowest BCUT2D eigenvalue weighted by molar-refractivity contribution is 0.152. The van der Waals surface area contributed by atoms with Crippen molar-refractivity contribution in [3.05, 3.63) is 30.1 Å². The smallest absolute Gasteiger partial charge is 0.0312 e. The third-order valence-electron chi connectivity index (χ3n) is 3.70. The molecule has 0 atom stereocenters. The summed E-state index contributed by atoms with van der Waals surface area (Å²) in [5.74, 6) is 1.78. The van der Waals surface area contributed by atoms with Crippen molar-refractivity contribution in [1.82, 2.24) is 9.88 Å². The summed E-state index contributed by atoms with van der Waals surface area (Å²) in [6.07, 6.45) is 6.54. The maximum absolute atomic E-state index is 4.17. The van der Waals surface area contributed by atoms with Crippen molar-refractivity contribution in [2.45, 2.75) is 33.2 Å². The van der Waals surface area contributed by atoms with Gasteiger partial charge in [-0.15, -0.1) is 0 Å². The van der Waals surface area contributed by atoms with E-state index in [0.717, 1.165) is 18.4 Å². The Morgan fingerprint density at radius 2 is 2.12 bits per heavy atom. The second-order valence-corrected chi connectivity index (χ2v) is 5.22. The number of likely N-dealkylation sites (tertiary alicyclic amines) is 1. The first-order chi connectivity index (χ1) is 7.75. The van der Waals surface area contributed by atoms with Gasteiger partial charge >= 0.3 is 0 Å². The Bertz CT molecular complexity index is 300. The lowest BCUT2D eigenvalue weighted by atomic mass is 9.86. The monoisotopic (exact) mass is 218 g/mol. The topological polar surface area (TPSA) is 16.1 Å². The standard InChI is InChI=1S/C14H22N2/c1-12(2)14-5-8-16(9-6-14)11-13-4-3-7-15-10-13/h3-4,7,10,12,14H,5-6,8-9,11H2,1-2H3. The van der Waals surface area contributed by atoms with E-state index in [1.807, 2.05) is 18.5 Å². The van der Waals surface area contributed by atoms with Gasteiger partial charge in [0.2, 0.25) is 0 Å². The van der Waals surface area contributed by atoms with Gasteiger partial charge in [-0.25, -0.2) is 0 Å². The molecule has 2 nitrogen and oxygen atoms in total. The van der Waals surface area contributed by atoms with Gasteiger partial charge in [0.25, 0.3) is 0 Å². The number of rotatable bonds is 3. The second kappa shape index (κ2) is 5.44. The van der Waals surface area contributed by atoms with Crippen LogP contribution in [0.15, 0.2) is 24.5 Å². The van der Waals surface area contributed by atoms with Crippen LogP contribution < -0.4 is 0 Å². The Balaban J connectivity index is 1.82. The highest BCUT2D eigenvalue weighted by molar-refractivity contribution is 5.08. The molecule has 2 rings (SSSR count). The highest BCUT2D eigenvalue weighted by Gasteiger charge is 2.21. The summed E-state index contributed by atoms with van der Waals surface area (Å²) in [6.45, 7) is 8.26. The van der Waals surface area contributed by atoms with Crippen LogP contribution in [0, 0.1) is 11.8 Å². The van der Waals surface area contributed by atoms with Gasteiger partial charge < -0.3 is 0 Å². The van der Waals surface area contributed by atoms with Crippen LogP contribution in [0.3, 0.4) is 0 Å². The first-order valence-corrected chi connectivity index (χ1v) is 6.37. The average Bonchev–Trinajstić information content (AvgIpc) is 2.31. The van der Waals surface area contributed by atoms with Crippen molar-refractivity contribution >= 4 is 0 Å². The van der Waals surface area contributed by atoms with E-state index < -0.39 is 0 Å². The summed E-state index contributed by atoms with van der Waals surface area (Å²) >= 11 is 0. The van der Waals surface area contributed by atoms with Crippen molar-refractivity contribution < 1.29 is 0 Å². The molecule has 16 heavy (non-hydrogen) atoms. The summed E-state index contributed by atoms with van der Waals surface area (Å²) in [5.41, 5.74) is 1.34. The third-order valence-corrected chi connectivity index (χ3v) is 3.70. The summed E-state index contributed by atoms with van der Waals surface area (Å²) in [4.78, 5) is 6.72. The van der Waals surface area contributed by atoms with Crippen LogP contribution in [0.5, 0.6) is 0 Å². The highest BCUT2D eigenvalue weighted by atomic mass is 15.1. The van der Waals surface area contributed by atoms with E-state index in [2.05, 4.69) is 29.8 Å². The Hall–Kier alpha value is -0.890. The van der Waals surface area contributed by atoms with Gasteiger partial charge in [-0.05, 0) is 49.4 Å². The molecule has 2 heterocycles. The largest absolute Gasteiger partial charge is 0.299 e. The number of pyridine rings is 1. The van der Waals surface area contributed by atoms with E-state index in [1.54, 1.807) is 0 Å². The number of hydrogen-bond acceptors (Lipinski definition) is 2. The van der Waals surface area contributed by atoms with Crippen molar-refractivity contribution in [3.63, 3.8) is 0 Å². The number of aromatic nitrogens is 1. The molecule has 0 saturated carbocycles.